The second-order valence-electron chi connectivity index (χ2n) is 3.29. The van der Waals surface area contributed by atoms with Crippen molar-refractivity contribution in [3.8, 4) is 0 Å². The van der Waals surface area contributed by atoms with Crippen LogP contribution in [0.4, 0.5) is 0 Å². The van der Waals surface area contributed by atoms with E-state index in [1.54, 1.807) is 23.1 Å². The van der Waals surface area contributed by atoms with Gasteiger partial charge in [0.15, 0.2) is 0 Å². The molecule has 2 nitrogen and oxygen atoms in total. The lowest BCUT2D eigenvalue weighted by Crippen LogP contribution is -2.34. The maximum atomic E-state index is 12.2. The van der Waals surface area contributed by atoms with Crippen LogP contribution < -0.4 is 0 Å². The van der Waals surface area contributed by atoms with Crippen molar-refractivity contribution in [3.63, 3.8) is 0 Å². The maximum Gasteiger partial charge on any atom is 0.255 e. The molecule has 6 heteroatoms. The van der Waals surface area contributed by atoms with Gasteiger partial charge in [0.2, 0.25) is 0 Å². The van der Waals surface area contributed by atoms with Gasteiger partial charge in [-0.15, -0.1) is 23.2 Å². The largest absolute Gasteiger partial charge is 0.336 e. The van der Waals surface area contributed by atoms with Crippen molar-refractivity contribution in [1.29, 1.82) is 0 Å². The molecule has 0 radical (unpaired) electrons. The summed E-state index contributed by atoms with van der Waals surface area (Å²) >= 11 is 23.1. The highest BCUT2D eigenvalue weighted by Gasteiger charge is 2.17. The summed E-state index contributed by atoms with van der Waals surface area (Å²) in [6, 6.07) is 4.77. The Morgan fingerprint density at radius 2 is 1.71 bits per heavy atom. The molecule has 1 amide bonds. The van der Waals surface area contributed by atoms with E-state index in [4.69, 9.17) is 46.4 Å². The standard InChI is InChI=1S/C11H11Cl4NO/c12-3-5-16(6-4-13)11(17)9-7-8(14)1-2-10(9)15/h1-2,7H,3-6H2. The molecule has 0 aliphatic heterocycles. The van der Waals surface area contributed by atoms with Crippen LogP contribution >= 0.6 is 46.4 Å². The van der Waals surface area contributed by atoms with Gasteiger partial charge >= 0.3 is 0 Å². The van der Waals surface area contributed by atoms with E-state index >= 15 is 0 Å². The number of nitrogens with zero attached hydrogens (tertiary/aromatic N) is 1. The Balaban J connectivity index is 2.95. The first-order valence-electron chi connectivity index (χ1n) is 4.96. The molecule has 0 aliphatic rings. The molecule has 0 fully saturated rings. The normalized spacial score (nSPS) is 10.4. The Morgan fingerprint density at radius 3 is 2.24 bits per heavy atom. The number of carbonyl (C=O) groups is 1. The minimum absolute atomic E-state index is 0.209. The zero-order valence-corrected chi connectivity index (χ0v) is 12.0. The molecule has 0 unspecified atom stereocenters. The van der Waals surface area contributed by atoms with Crippen molar-refractivity contribution in [2.24, 2.45) is 0 Å². The highest BCUT2D eigenvalue weighted by molar-refractivity contribution is 6.35. The molecule has 1 rings (SSSR count). The predicted molar refractivity (Wildman–Crippen MR) is 73.8 cm³/mol. The molecule has 0 aliphatic carbocycles. The zero-order chi connectivity index (χ0) is 12.8. The van der Waals surface area contributed by atoms with Gasteiger partial charge in [-0.25, -0.2) is 0 Å². The van der Waals surface area contributed by atoms with E-state index in [0.29, 0.717) is 40.5 Å². The van der Waals surface area contributed by atoms with Crippen LogP contribution in [0.25, 0.3) is 0 Å². The monoisotopic (exact) mass is 313 g/mol. The molecule has 0 saturated heterocycles. The van der Waals surface area contributed by atoms with Gasteiger partial charge < -0.3 is 4.90 Å². The molecule has 17 heavy (non-hydrogen) atoms. The third-order valence-electron chi connectivity index (χ3n) is 2.15. The van der Waals surface area contributed by atoms with Crippen molar-refractivity contribution in [3.05, 3.63) is 33.8 Å². The maximum absolute atomic E-state index is 12.2. The van der Waals surface area contributed by atoms with Crippen LogP contribution in [0.2, 0.25) is 10.0 Å². The lowest BCUT2D eigenvalue weighted by Gasteiger charge is -2.21. The summed E-state index contributed by atoms with van der Waals surface area (Å²) in [5.74, 6) is 0.487. The van der Waals surface area contributed by atoms with E-state index in [1.807, 2.05) is 0 Å². The predicted octanol–water partition coefficient (Wildman–Crippen LogP) is 3.91. The van der Waals surface area contributed by atoms with Crippen LogP contribution in [0.5, 0.6) is 0 Å². The van der Waals surface area contributed by atoms with Crippen molar-refractivity contribution in [2.45, 2.75) is 0 Å². The van der Waals surface area contributed by atoms with Crippen LogP contribution in [-0.2, 0) is 0 Å². The third kappa shape index (κ3) is 4.22. The molecular formula is C11H11Cl4NO. The van der Waals surface area contributed by atoms with Crippen LogP contribution in [0.1, 0.15) is 10.4 Å². The van der Waals surface area contributed by atoms with E-state index in [9.17, 15) is 4.79 Å². The number of benzene rings is 1. The quantitative estimate of drug-likeness (QED) is 0.754. The van der Waals surface area contributed by atoms with Gasteiger partial charge in [0, 0.05) is 29.9 Å². The molecule has 0 spiro atoms. The Morgan fingerprint density at radius 1 is 1.12 bits per heavy atom. The average Bonchev–Trinajstić information content (AvgIpc) is 2.31. The number of carbonyl (C=O) groups excluding carboxylic acids is 1. The van der Waals surface area contributed by atoms with Crippen molar-refractivity contribution >= 4 is 52.3 Å². The molecule has 0 heterocycles. The summed E-state index contributed by atoms with van der Waals surface area (Å²) in [5.41, 5.74) is 0.370. The molecule has 0 bridgehead atoms. The van der Waals surface area contributed by atoms with E-state index in [-0.39, 0.29) is 5.91 Å². The third-order valence-corrected chi connectivity index (χ3v) is 3.06. The van der Waals surface area contributed by atoms with E-state index < -0.39 is 0 Å². The molecule has 1 aromatic carbocycles. The minimum atomic E-state index is -0.209. The van der Waals surface area contributed by atoms with Gasteiger partial charge in [-0.1, -0.05) is 23.2 Å². The number of hydrogen-bond acceptors (Lipinski definition) is 1. The van der Waals surface area contributed by atoms with Gasteiger partial charge in [0.25, 0.3) is 5.91 Å². The fourth-order valence-electron chi connectivity index (χ4n) is 1.35. The first kappa shape index (κ1) is 14.9. The smallest absolute Gasteiger partial charge is 0.255 e. The molecular weight excluding hydrogens is 304 g/mol. The topological polar surface area (TPSA) is 20.3 Å². The summed E-state index contributed by atoms with van der Waals surface area (Å²) in [4.78, 5) is 13.7. The first-order chi connectivity index (χ1) is 8.10. The SMILES string of the molecule is O=C(c1cc(Cl)ccc1Cl)N(CCCl)CCCl. The van der Waals surface area contributed by atoms with Crippen molar-refractivity contribution in [1.82, 2.24) is 4.90 Å². The van der Waals surface area contributed by atoms with Crippen LogP contribution in [-0.4, -0.2) is 35.7 Å². The summed E-state index contributed by atoms with van der Waals surface area (Å²) < 4.78 is 0. The van der Waals surface area contributed by atoms with Gasteiger partial charge in [0.1, 0.15) is 0 Å². The Bertz CT molecular complexity index is 391. The van der Waals surface area contributed by atoms with E-state index in [0.717, 1.165) is 0 Å². The summed E-state index contributed by atoms with van der Waals surface area (Å²) in [5, 5.41) is 0.836. The molecule has 94 valence electrons. The number of halogens is 4. The second-order valence-corrected chi connectivity index (χ2v) is 4.89. The summed E-state index contributed by atoms with van der Waals surface area (Å²) in [7, 11) is 0. The molecule has 0 aromatic heterocycles. The zero-order valence-electron chi connectivity index (χ0n) is 8.93. The van der Waals surface area contributed by atoms with Crippen LogP contribution in [0.15, 0.2) is 18.2 Å². The van der Waals surface area contributed by atoms with Crippen LogP contribution in [0, 0.1) is 0 Å². The Labute approximate surface area is 120 Å². The fraction of sp³-hybridized carbons (Fsp3) is 0.364. The Hall–Kier alpha value is -0.150. The van der Waals surface area contributed by atoms with Gasteiger partial charge in [-0.3, -0.25) is 4.79 Å². The first-order valence-corrected chi connectivity index (χ1v) is 6.79. The molecule has 0 N–H and O–H groups in total. The van der Waals surface area contributed by atoms with E-state index in [1.165, 1.54) is 0 Å². The highest BCUT2D eigenvalue weighted by atomic mass is 35.5. The second kappa shape index (κ2) is 7.32. The van der Waals surface area contributed by atoms with Gasteiger partial charge in [0.05, 0.1) is 10.6 Å². The highest BCUT2D eigenvalue weighted by Crippen LogP contribution is 2.22. The lowest BCUT2D eigenvalue weighted by molar-refractivity contribution is 0.0775. The number of amides is 1. The van der Waals surface area contributed by atoms with E-state index in [2.05, 4.69) is 0 Å². The number of alkyl halides is 2. The van der Waals surface area contributed by atoms with Crippen molar-refractivity contribution in [2.75, 3.05) is 24.8 Å². The average molecular weight is 315 g/mol. The Kier molecular flexibility index (Phi) is 6.42. The lowest BCUT2D eigenvalue weighted by atomic mass is 10.2. The van der Waals surface area contributed by atoms with Gasteiger partial charge in [-0.2, -0.15) is 0 Å². The minimum Gasteiger partial charge on any atom is -0.336 e. The molecule has 1 aromatic rings. The van der Waals surface area contributed by atoms with Gasteiger partial charge in [-0.05, 0) is 18.2 Å². The van der Waals surface area contributed by atoms with Crippen molar-refractivity contribution < 1.29 is 4.79 Å². The van der Waals surface area contributed by atoms with Crippen LogP contribution in [0.3, 0.4) is 0 Å². The summed E-state index contributed by atoms with van der Waals surface area (Å²) in [6.07, 6.45) is 0. The fourth-order valence-corrected chi connectivity index (χ4v) is 2.13. The number of hydrogen-bond donors (Lipinski definition) is 0. The molecule has 0 saturated carbocycles. The summed E-state index contributed by atoms with van der Waals surface area (Å²) in [6.45, 7) is 0.853. The molecule has 0 atom stereocenters. The number of rotatable bonds is 5.